The highest BCUT2D eigenvalue weighted by Gasteiger charge is 2.42. The molecule has 0 saturated heterocycles. The van der Waals surface area contributed by atoms with Gasteiger partial charge < -0.3 is 18.6 Å². The van der Waals surface area contributed by atoms with Crippen LogP contribution in [0.1, 0.15) is 99.8 Å². The second-order valence-electron chi connectivity index (χ2n) is 21.9. The lowest BCUT2D eigenvalue weighted by molar-refractivity contribution is -0.127. The van der Waals surface area contributed by atoms with Crippen LogP contribution in [0.25, 0.3) is 21.1 Å². The number of amides is 1. The number of nitrogens with one attached hydrogen (secondary N) is 1. The molecule has 0 aliphatic rings. The van der Waals surface area contributed by atoms with Gasteiger partial charge in [0.05, 0.1) is 53.5 Å². The number of aromatic nitrogens is 2. The zero-order valence-electron chi connectivity index (χ0n) is 45.3. The number of hydrogen-bond acceptors (Lipinski definition) is 11. The lowest BCUT2D eigenvalue weighted by Crippen LogP contribution is -2.48. The molecular weight excluding hydrogens is 995 g/mol. The number of carbonyl (C=O) groups is 2. The Kier molecular flexibility index (Phi) is 19.5. The first-order chi connectivity index (χ1) is 33.6. The van der Waals surface area contributed by atoms with Crippen molar-refractivity contribution in [2.75, 3.05) is 19.1 Å². The summed E-state index contributed by atoms with van der Waals surface area (Å²) in [5.74, 6) is -0.562. The Balaban J connectivity index is 0.000000317. The Morgan fingerprint density at radius 2 is 1.11 bits per heavy atom. The molecule has 14 nitrogen and oxygen atoms in total. The number of carbonyl (C=O) groups excluding carboxylic acids is 2. The highest BCUT2D eigenvalue weighted by molar-refractivity contribution is 7.91. The van der Waals surface area contributed by atoms with E-state index in [4.69, 9.17) is 26.4 Å². The van der Waals surface area contributed by atoms with Crippen LogP contribution < -0.4 is 5.32 Å². The molecule has 1 heterocycles. The third-order valence-corrected chi connectivity index (χ3v) is 25.4. The molecule has 5 aromatic rings. The number of nitrogens with zero attached hydrogens (tertiary/aromatic N) is 4. The van der Waals surface area contributed by atoms with E-state index in [9.17, 15) is 26.4 Å². The number of hydrogen-bond donors (Lipinski definition) is 1. The summed E-state index contributed by atoms with van der Waals surface area (Å²) in [6.07, 6.45) is 2.71. The van der Waals surface area contributed by atoms with Gasteiger partial charge in [-0.15, -0.1) is 10.2 Å². The van der Waals surface area contributed by atoms with E-state index in [1.165, 1.54) is 42.7 Å². The van der Waals surface area contributed by atoms with Crippen LogP contribution in [-0.2, 0) is 46.2 Å². The van der Waals surface area contributed by atoms with E-state index in [1.807, 2.05) is 51.1 Å². The van der Waals surface area contributed by atoms with Gasteiger partial charge in [0.1, 0.15) is 0 Å². The predicted octanol–water partition coefficient (Wildman–Crippen LogP) is 12.3. The molecule has 0 aliphatic carbocycles. The Labute approximate surface area is 436 Å². The molecule has 0 radical (unpaired) electrons. The lowest BCUT2D eigenvalue weighted by atomic mass is 9.92. The van der Waals surface area contributed by atoms with Gasteiger partial charge in [0.15, 0.2) is 53.5 Å². The van der Waals surface area contributed by atoms with Crippen molar-refractivity contribution in [1.82, 2.24) is 15.5 Å². The van der Waals surface area contributed by atoms with Crippen LogP contribution in [-0.4, -0.2) is 86.6 Å². The second-order valence-corrected chi connectivity index (χ2v) is 35.5. The summed E-state index contributed by atoms with van der Waals surface area (Å²) in [6.45, 7) is 43.9. The first-order valence-electron chi connectivity index (χ1n) is 24.1. The molecule has 1 aromatic heterocycles. The van der Waals surface area contributed by atoms with Gasteiger partial charge in [-0.05, 0) is 135 Å². The van der Waals surface area contributed by atoms with E-state index in [2.05, 4.69) is 99.9 Å². The van der Waals surface area contributed by atoms with Crippen molar-refractivity contribution >= 4 is 59.4 Å². The van der Waals surface area contributed by atoms with Gasteiger partial charge in [-0.3, -0.25) is 9.59 Å². The van der Waals surface area contributed by atoms with Crippen LogP contribution in [0.3, 0.4) is 0 Å². The number of ketones is 1. The molecule has 0 unspecified atom stereocenters. The van der Waals surface area contributed by atoms with E-state index >= 15 is 0 Å². The molecule has 1 N–H and O–H groups in total. The van der Waals surface area contributed by atoms with E-state index in [1.54, 1.807) is 18.2 Å². The smallest absolute Gasteiger partial charge is 0.247 e. The van der Waals surface area contributed by atoms with Crippen molar-refractivity contribution in [1.29, 1.82) is 0 Å². The van der Waals surface area contributed by atoms with Crippen LogP contribution in [0, 0.1) is 32.9 Å². The normalized spacial score (nSPS) is 14.1. The molecule has 4 atom stereocenters. The molecule has 73 heavy (non-hydrogen) atoms. The summed E-state index contributed by atoms with van der Waals surface area (Å²) in [5, 5.41) is 11.4. The van der Waals surface area contributed by atoms with Gasteiger partial charge in [-0.2, -0.15) is 0 Å². The van der Waals surface area contributed by atoms with E-state index in [0.717, 1.165) is 28.5 Å². The van der Waals surface area contributed by atoms with E-state index in [-0.39, 0.29) is 50.1 Å². The van der Waals surface area contributed by atoms with Gasteiger partial charge in [0, 0.05) is 23.6 Å². The largest absolute Gasteiger partial charge is 0.420 e. The minimum absolute atomic E-state index is 0.0375. The topological polar surface area (TPSA) is 181 Å². The van der Waals surface area contributed by atoms with Gasteiger partial charge in [0.25, 0.3) is 0 Å². The quantitative estimate of drug-likeness (QED) is 0.0501. The minimum atomic E-state index is -3.36. The minimum Gasteiger partial charge on any atom is -0.420 e. The van der Waals surface area contributed by atoms with Crippen molar-refractivity contribution in [3.63, 3.8) is 0 Å². The van der Waals surface area contributed by atoms with E-state index in [0.29, 0.717) is 47.1 Å². The SMILES string of the molecule is [C-]#[N+]c1ccc(C[C@@H](C(=O)NCC(=O)c2ccc(S(C)(=O)=O)cc2)[C@@H](C)O[Si](C)(C)C(C)(C)C)cc1C.[C-]#[N+]c1ccc(C[C@@H](c2nnc(-c3ccc(S(C)(=O)=O)cc3)o2)[C@@H](C)O[Si](C)(C)C(C)(C)C)cc1C. The maximum atomic E-state index is 13.4. The summed E-state index contributed by atoms with van der Waals surface area (Å²) >= 11 is 0. The van der Waals surface area contributed by atoms with Gasteiger partial charge in [-0.1, -0.05) is 90.1 Å². The monoisotopic (exact) mass is 1070 g/mol. The number of rotatable bonds is 18. The summed E-state index contributed by atoms with van der Waals surface area (Å²) in [5.41, 5.74) is 5.93. The molecule has 5 rings (SSSR count). The number of Topliss-reactive ketones (excluding diaryl/α,β-unsaturated/α-hetero) is 1. The molecule has 0 bridgehead atoms. The second kappa shape index (κ2) is 23.7. The van der Waals surface area contributed by atoms with Crippen molar-refractivity contribution in [2.45, 2.75) is 146 Å². The first kappa shape index (κ1) is 60.0. The molecule has 0 spiro atoms. The number of aryl methyl sites for hydroxylation is 2. The third-order valence-electron chi connectivity index (χ3n) is 14.0. The standard InChI is InChI=1S/C28H38N2O5SSi.C27H35N3O4SSi/c1-19-16-21(10-15-25(19)29-6)17-24(20(2)35-37(8,9)28(3,4)5)27(32)30-18-26(31)22-11-13-23(14-12-22)36(7,33)34;1-18-16-20(10-15-24(18)28-6)17-23(19(2)34-36(8,9)27(3,4)5)26-30-29-25(33-26)21-11-13-22(14-12-21)35(7,31)32/h10-16,20,24H,17-18H2,1-5,7-9H3,(H,30,32);10-16,19,23H,17H2,1-5,7-9H3/t20-,24-;19-,23-/m11/s1. The Bertz CT molecular complexity index is 3070. The highest BCUT2D eigenvalue weighted by Crippen LogP contribution is 2.41. The van der Waals surface area contributed by atoms with Crippen molar-refractivity contribution < 1.29 is 39.7 Å². The van der Waals surface area contributed by atoms with E-state index < -0.39 is 48.3 Å². The average Bonchev–Trinajstić information content (AvgIpc) is 3.78. The molecule has 0 fully saturated rings. The van der Waals surface area contributed by atoms with Crippen LogP contribution in [0.2, 0.25) is 36.3 Å². The Morgan fingerprint density at radius 3 is 1.53 bits per heavy atom. The van der Waals surface area contributed by atoms with Crippen molar-refractivity contribution in [3.05, 3.63) is 141 Å². The maximum absolute atomic E-state index is 13.4. The molecule has 0 saturated carbocycles. The summed E-state index contributed by atoms with van der Waals surface area (Å²) < 4.78 is 66.4. The van der Waals surface area contributed by atoms with Crippen LogP contribution in [0.4, 0.5) is 11.4 Å². The fraction of sp³-hybridized carbons (Fsp3) is 0.455. The summed E-state index contributed by atoms with van der Waals surface area (Å²) in [6, 6.07) is 23.5. The third kappa shape index (κ3) is 16.2. The fourth-order valence-electron chi connectivity index (χ4n) is 7.46. The first-order valence-corrected chi connectivity index (χ1v) is 33.7. The van der Waals surface area contributed by atoms with Crippen LogP contribution >= 0.6 is 0 Å². The van der Waals surface area contributed by atoms with Crippen molar-refractivity contribution in [3.8, 4) is 11.5 Å². The maximum Gasteiger partial charge on any atom is 0.247 e. The van der Waals surface area contributed by atoms with Gasteiger partial charge >= 0.3 is 0 Å². The van der Waals surface area contributed by atoms with Crippen LogP contribution in [0.5, 0.6) is 0 Å². The molecule has 4 aromatic carbocycles. The average molecular weight is 1070 g/mol. The molecule has 0 aliphatic heterocycles. The Hall–Kier alpha value is -5.61. The van der Waals surface area contributed by atoms with Gasteiger partial charge in [0.2, 0.25) is 17.7 Å². The molecule has 18 heteroatoms. The molecule has 1 amide bonds. The zero-order valence-corrected chi connectivity index (χ0v) is 48.9. The predicted molar refractivity (Wildman–Crippen MR) is 294 cm³/mol. The number of benzene rings is 4. The fourth-order valence-corrected chi connectivity index (χ4v) is 11.6. The molecular formula is C55H73N5O9S2Si2. The summed E-state index contributed by atoms with van der Waals surface area (Å²) in [4.78, 5) is 33.6. The van der Waals surface area contributed by atoms with Crippen LogP contribution in [0.15, 0.2) is 99.1 Å². The number of sulfone groups is 2. The highest BCUT2D eigenvalue weighted by atomic mass is 32.2. The zero-order chi connectivity index (χ0) is 55.1. The summed E-state index contributed by atoms with van der Waals surface area (Å²) in [7, 11) is -10.9. The molecule has 392 valence electrons. The van der Waals surface area contributed by atoms with Gasteiger partial charge in [-0.25, -0.2) is 26.5 Å². The Morgan fingerprint density at radius 1 is 0.671 bits per heavy atom. The lowest BCUT2D eigenvalue weighted by Gasteiger charge is -2.40. The van der Waals surface area contributed by atoms with Crippen molar-refractivity contribution in [2.24, 2.45) is 5.92 Å².